The average molecular weight is 282 g/mol. The van der Waals surface area contributed by atoms with E-state index in [1.54, 1.807) is 12.4 Å². The lowest BCUT2D eigenvalue weighted by Crippen LogP contribution is -2.28. The van der Waals surface area contributed by atoms with Gasteiger partial charge in [-0.25, -0.2) is 4.79 Å². The van der Waals surface area contributed by atoms with E-state index in [0.29, 0.717) is 6.54 Å². The predicted octanol–water partition coefficient (Wildman–Crippen LogP) is 0.742. The number of hydrogen-bond donors (Lipinski definition) is 1. The van der Waals surface area contributed by atoms with Crippen molar-refractivity contribution in [1.29, 1.82) is 0 Å². The van der Waals surface area contributed by atoms with Crippen LogP contribution in [0.25, 0.3) is 0 Å². The highest BCUT2D eigenvalue weighted by atomic mass is 79.9. The zero-order chi connectivity index (χ0) is 11.5. The zero-order valence-electron chi connectivity index (χ0n) is 8.18. The molecule has 0 aliphatic rings. The fourth-order valence-electron chi connectivity index (χ4n) is 1.31. The molecule has 2 aromatic rings. The minimum atomic E-state index is -0.424. The van der Waals surface area contributed by atoms with Gasteiger partial charge in [0, 0.05) is 29.1 Å². The Balaban J connectivity index is 2.34. The molecule has 0 aliphatic heterocycles. The number of rotatable bonds is 2. The van der Waals surface area contributed by atoms with Crippen LogP contribution in [0.5, 0.6) is 0 Å². The second-order valence-corrected chi connectivity index (χ2v) is 4.17. The SMILES string of the molecule is O=c1ccn(Cc2cncc(Br)c2)c(=O)[nH]1. The number of nitrogens with one attached hydrogen (secondary N) is 1. The largest absolute Gasteiger partial charge is 0.328 e. The molecule has 0 radical (unpaired) electrons. The van der Waals surface area contributed by atoms with E-state index in [1.807, 2.05) is 6.07 Å². The maximum absolute atomic E-state index is 11.4. The molecule has 0 spiro atoms. The van der Waals surface area contributed by atoms with Crippen LogP contribution in [0.3, 0.4) is 0 Å². The standard InChI is InChI=1S/C10H8BrN3O2/c11-8-3-7(4-12-5-8)6-14-2-1-9(15)13-10(14)16/h1-5H,6H2,(H,13,15,16). The molecule has 6 heteroatoms. The first-order chi connectivity index (χ1) is 7.65. The molecule has 0 saturated carbocycles. The van der Waals surface area contributed by atoms with Crippen LogP contribution < -0.4 is 11.2 Å². The van der Waals surface area contributed by atoms with E-state index in [1.165, 1.54) is 16.8 Å². The van der Waals surface area contributed by atoms with E-state index in [4.69, 9.17) is 0 Å². The number of nitrogens with zero attached hydrogens (tertiary/aromatic N) is 2. The molecule has 0 bridgehead atoms. The molecule has 5 nitrogen and oxygen atoms in total. The van der Waals surface area contributed by atoms with Crippen molar-refractivity contribution >= 4 is 15.9 Å². The van der Waals surface area contributed by atoms with Crippen molar-refractivity contribution in [3.8, 4) is 0 Å². The fraction of sp³-hybridized carbons (Fsp3) is 0.100. The maximum atomic E-state index is 11.4. The third-order valence-corrected chi connectivity index (χ3v) is 2.44. The van der Waals surface area contributed by atoms with Gasteiger partial charge in [0.15, 0.2) is 0 Å². The summed E-state index contributed by atoms with van der Waals surface area (Å²) in [5.41, 5.74) is 0.0598. The molecule has 16 heavy (non-hydrogen) atoms. The Morgan fingerprint density at radius 3 is 2.88 bits per heavy atom. The lowest BCUT2D eigenvalue weighted by atomic mass is 10.3. The van der Waals surface area contributed by atoms with Crippen molar-refractivity contribution in [2.24, 2.45) is 0 Å². The van der Waals surface area contributed by atoms with Gasteiger partial charge < -0.3 is 0 Å². The molecule has 0 aromatic carbocycles. The molecule has 2 aromatic heterocycles. The number of halogens is 1. The molecule has 0 saturated heterocycles. The maximum Gasteiger partial charge on any atom is 0.328 e. The van der Waals surface area contributed by atoms with Gasteiger partial charge >= 0.3 is 5.69 Å². The predicted molar refractivity (Wildman–Crippen MR) is 62.4 cm³/mol. The van der Waals surface area contributed by atoms with E-state index in [0.717, 1.165) is 10.0 Å². The van der Waals surface area contributed by atoms with Crippen molar-refractivity contribution in [2.45, 2.75) is 6.54 Å². The molecule has 2 rings (SSSR count). The Labute approximate surface area is 98.9 Å². The van der Waals surface area contributed by atoms with E-state index in [-0.39, 0.29) is 0 Å². The molecule has 82 valence electrons. The van der Waals surface area contributed by atoms with Gasteiger partial charge in [-0.15, -0.1) is 0 Å². The van der Waals surface area contributed by atoms with Gasteiger partial charge in [-0.1, -0.05) is 0 Å². The summed E-state index contributed by atoms with van der Waals surface area (Å²) in [7, 11) is 0. The van der Waals surface area contributed by atoms with Crippen LogP contribution >= 0.6 is 15.9 Å². The summed E-state index contributed by atoms with van der Waals surface area (Å²) in [6.07, 6.45) is 4.80. The van der Waals surface area contributed by atoms with Crippen LogP contribution in [-0.2, 0) is 6.54 Å². The van der Waals surface area contributed by atoms with Crippen molar-refractivity contribution in [1.82, 2.24) is 14.5 Å². The minimum absolute atomic E-state index is 0.377. The van der Waals surface area contributed by atoms with Gasteiger partial charge in [-0.05, 0) is 27.6 Å². The van der Waals surface area contributed by atoms with Crippen LogP contribution in [0.15, 0.2) is 44.8 Å². The van der Waals surface area contributed by atoms with E-state index in [2.05, 4.69) is 25.9 Å². The van der Waals surface area contributed by atoms with Crippen molar-refractivity contribution in [3.63, 3.8) is 0 Å². The Kier molecular flexibility index (Phi) is 3.00. The summed E-state index contributed by atoms with van der Waals surface area (Å²) in [6.45, 7) is 0.377. The van der Waals surface area contributed by atoms with Gasteiger partial charge in [0.05, 0.1) is 6.54 Å². The van der Waals surface area contributed by atoms with Gasteiger partial charge in [0.2, 0.25) is 0 Å². The number of aromatic amines is 1. The first-order valence-electron chi connectivity index (χ1n) is 4.54. The van der Waals surface area contributed by atoms with Gasteiger partial charge in [-0.3, -0.25) is 19.3 Å². The molecular weight excluding hydrogens is 274 g/mol. The second kappa shape index (κ2) is 4.44. The Bertz CT molecular complexity index is 618. The third-order valence-electron chi connectivity index (χ3n) is 2.01. The fourth-order valence-corrected chi connectivity index (χ4v) is 1.72. The first-order valence-corrected chi connectivity index (χ1v) is 5.33. The molecule has 0 amide bonds. The van der Waals surface area contributed by atoms with Crippen LogP contribution in [0.2, 0.25) is 0 Å². The monoisotopic (exact) mass is 281 g/mol. The van der Waals surface area contributed by atoms with Crippen molar-refractivity contribution < 1.29 is 0 Å². The second-order valence-electron chi connectivity index (χ2n) is 3.25. The molecule has 2 heterocycles. The Morgan fingerprint density at radius 2 is 2.19 bits per heavy atom. The van der Waals surface area contributed by atoms with Gasteiger partial charge in [0.25, 0.3) is 5.56 Å². The highest BCUT2D eigenvalue weighted by molar-refractivity contribution is 9.10. The number of pyridine rings is 1. The molecular formula is C10H8BrN3O2. The van der Waals surface area contributed by atoms with Crippen LogP contribution in [0.1, 0.15) is 5.56 Å². The summed E-state index contributed by atoms with van der Waals surface area (Å²) in [5.74, 6) is 0. The zero-order valence-corrected chi connectivity index (χ0v) is 9.77. The van der Waals surface area contributed by atoms with Gasteiger partial charge in [-0.2, -0.15) is 0 Å². The summed E-state index contributed by atoms with van der Waals surface area (Å²) in [6, 6.07) is 3.18. The van der Waals surface area contributed by atoms with E-state index >= 15 is 0 Å². The lowest BCUT2D eigenvalue weighted by Gasteiger charge is -2.04. The van der Waals surface area contributed by atoms with Crippen LogP contribution in [0, 0.1) is 0 Å². The molecule has 0 atom stereocenters. The van der Waals surface area contributed by atoms with Crippen molar-refractivity contribution in [2.75, 3.05) is 0 Å². The summed E-state index contributed by atoms with van der Waals surface area (Å²) >= 11 is 3.30. The summed E-state index contributed by atoms with van der Waals surface area (Å²) in [4.78, 5) is 28.5. The molecule has 1 N–H and O–H groups in total. The first kappa shape index (κ1) is 10.8. The molecule has 0 aliphatic carbocycles. The highest BCUT2D eigenvalue weighted by Gasteiger charge is 1.99. The molecule has 0 unspecified atom stereocenters. The van der Waals surface area contributed by atoms with E-state index < -0.39 is 11.2 Å². The number of hydrogen-bond acceptors (Lipinski definition) is 3. The van der Waals surface area contributed by atoms with Crippen LogP contribution in [0.4, 0.5) is 0 Å². The smallest absolute Gasteiger partial charge is 0.296 e. The normalized spacial score (nSPS) is 10.3. The Hall–Kier alpha value is -1.69. The quantitative estimate of drug-likeness (QED) is 0.883. The number of H-pyrrole nitrogens is 1. The Morgan fingerprint density at radius 1 is 1.38 bits per heavy atom. The average Bonchev–Trinajstić information content (AvgIpc) is 2.22. The topological polar surface area (TPSA) is 67.8 Å². The van der Waals surface area contributed by atoms with E-state index in [9.17, 15) is 9.59 Å². The molecule has 0 fully saturated rings. The highest BCUT2D eigenvalue weighted by Crippen LogP contribution is 2.09. The van der Waals surface area contributed by atoms with Crippen LogP contribution in [-0.4, -0.2) is 14.5 Å². The minimum Gasteiger partial charge on any atom is -0.296 e. The van der Waals surface area contributed by atoms with Gasteiger partial charge in [0.1, 0.15) is 0 Å². The lowest BCUT2D eigenvalue weighted by molar-refractivity contribution is 0.718. The number of aromatic nitrogens is 3. The summed E-state index contributed by atoms with van der Waals surface area (Å²) in [5, 5.41) is 0. The van der Waals surface area contributed by atoms with Crippen molar-refractivity contribution in [3.05, 3.63) is 61.6 Å². The third kappa shape index (κ3) is 2.46. The summed E-state index contributed by atoms with van der Waals surface area (Å²) < 4.78 is 2.26.